The molecule has 0 radical (unpaired) electrons. The van der Waals surface area contributed by atoms with Crippen LogP contribution in [-0.4, -0.2) is 32.6 Å². The van der Waals surface area contributed by atoms with Crippen molar-refractivity contribution in [2.75, 3.05) is 21.3 Å². The molecule has 98 valence electrons. The standard InChI is InChI=1S/C14H19NO3/c1-9-11(8-14(17-3)18-4)12-7-10(16-2)5-6-13(12)15-9/h5-7,14-15H,8H2,1-4H3. The summed E-state index contributed by atoms with van der Waals surface area (Å²) in [5, 5.41) is 1.16. The van der Waals surface area contributed by atoms with Crippen LogP contribution in [0.3, 0.4) is 0 Å². The molecular weight excluding hydrogens is 230 g/mol. The second-order valence-corrected chi connectivity index (χ2v) is 4.25. The van der Waals surface area contributed by atoms with Crippen LogP contribution in [-0.2, 0) is 15.9 Å². The summed E-state index contributed by atoms with van der Waals surface area (Å²) in [6, 6.07) is 6.02. The van der Waals surface area contributed by atoms with Crippen molar-refractivity contribution in [3.8, 4) is 5.75 Å². The van der Waals surface area contributed by atoms with E-state index in [0.29, 0.717) is 6.42 Å². The predicted octanol–water partition coefficient (Wildman–Crippen LogP) is 2.65. The maximum Gasteiger partial charge on any atom is 0.160 e. The fourth-order valence-electron chi connectivity index (χ4n) is 2.18. The molecule has 2 rings (SSSR count). The van der Waals surface area contributed by atoms with Gasteiger partial charge in [-0.05, 0) is 30.7 Å². The fraction of sp³-hybridized carbons (Fsp3) is 0.429. The summed E-state index contributed by atoms with van der Waals surface area (Å²) < 4.78 is 15.8. The zero-order chi connectivity index (χ0) is 13.1. The van der Waals surface area contributed by atoms with Gasteiger partial charge in [-0.15, -0.1) is 0 Å². The molecular formula is C14H19NO3. The fourth-order valence-corrected chi connectivity index (χ4v) is 2.18. The number of hydrogen-bond donors (Lipinski definition) is 1. The van der Waals surface area contributed by atoms with E-state index >= 15 is 0 Å². The van der Waals surface area contributed by atoms with Crippen molar-refractivity contribution < 1.29 is 14.2 Å². The summed E-state index contributed by atoms with van der Waals surface area (Å²) in [7, 11) is 4.98. The largest absolute Gasteiger partial charge is 0.497 e. The summed E-state index contributed by atoms with van der Waals surface area (Å²) in [5.41, 5.74) is 3.45. The highest BCUT2D eigenvalue weighted by molar-refractivity contribution is 5.86. The molecule has 4 nitrogen and oxygen atoms in total. The van der Waals surface area contributed by atoms with Crippen LogP contribution in [0.1, 0.15) is 11.3 Å². The van der Waals surface area contributed by atoms with Gasteiger partial charge in [-0.25, -0.2) is 0 Å². The van der Waals surface area contributed by atoms with E-state index in [1.807, 2.05) is 18.2 Å². The number of nitrogens with one attached hydrogen (secondary N) is 1. The lowest BCUT2D eigenvalue weighted by Gasteiger charge is -2.13. The van der Waals surface area contributed by atoms with Crippen molar-refractivity contribution in [2.24, 2.45) is 0 Å². The minimum atomic E-state index is -0.228. The predicted molar refractivity (Wildman–Crippen MR) is 71.1 cm³/mol. The summed E-state index contributed by atoms with van der Waals surface area (Å²) in [6.07, 6.45) is 0.486. The lowest BCUT2D eigenvalue weighted by atomic mass is 10.1. The van der Waals surface area contributed by atoms with Gasteiger partial charge in [0.05, 0.1) is 7.11 Å². The maximum absolute atomic E-state index is 5.27. The molecule has 0 unspecified atom stereocenters. The van der Waals surface area contributed by atoms with E-state index in [-0.39, 0.29) is 6.29 Å². The number of aromatic nitrogens is 1. The first-order valence-corrected chi connectivity index (χ1v) is 5.90. The molecule has 0 bridgehead atoms. The van der Waals surface area contributed by atoms with Gasteiger partial charge in [0.2, 0.25) is 0 Å². The normalized spacial score (nSPS) is 11.4. The molecule has 0 fully saturated rings. The van der Waals surface area contributed by atoms with Gasteiger partial charge in [0, 0.05) is 37.2 Å². The summed E-state index contributed by atoms with van der Waals surface area (Å²) in [5.74, 6) is 0.856. The highest BCUT2D eigenvalue weighted by atomic mass is 16.7. The van der Waals surface area contributed by atoms with Crippen LogP contribution in [0.5, 0.6) is 5.75 Å². The lowest BCUT2D eigenvalue weighted by molar-refractivity contribution is -0.100. The minimum Gasteiger partial charge on any atom is -0.497 e. The maximum atomic E-state index is 5.27. The van der Waals surface area contributed by atoms with Crippen molar-refractivity contribution in [3.63, 3.8) is 0 Å². The molecule has 4 heteroatoms. The van der Waals surface area contributed by atoms with E-state index in [1.165, 1.54) is 5.56 Å². The first-order chi connectivity index (χ1) is 8.69. The number of methoxy groups -OCH3 is 3. The van der Waals surface area contributed by atoms with Crippen LogP contribution in [0.15, 0.2) is 18.2 Å². The van der Waals surface area contributed by atoms with Crippen LogP contribution in [0, 0.1) is 6.92 Å². The van der Waals surface area contributed by atoms with E-state index in [9.17, 15) is 0 Å². The van der Waals surface area contributed by atoms with Gasteiger partial charge in [-0.1, -0.05) is 0 Å². The average Bonchev–Trinajstić information content (AvgIpc) is 2.70. The second kappa shape index (κ2) is 5.42. The van der Waals surface area contributed by atoms with E-state index in [4.69, 9.17) is 14.2 Å². The molecule has 0 saturated carbocycles. The van der Waals surface area contributed by atoms with E-state index in [2.05, 4.69) is 11.9 Å². The SMILES string of the molecule is COc1ccc2[nH]c(C)c(CC(OC)OC)c2c1. The Labute approximate surface area is 107 Å². The lowest BCUT2D eigenvalue weighted by Crippen LogP contribution is -2.16. The Balaban J connectivity index is 2.44. The van der Waals surface area contributed by atoms with Gasteiger partial charge < -0.3 is 19.2 Å². The third kappa shape index (κ3) is 2.35. The number of hydrogen-bond acceptors (Lipinski definition) is 3. The number of benzene rings is 1. The zero-order valence-electron chi connectivity index (χ0n) is 11.2. The molecule has 1 heterocycles. The second-order valence-electron chi connectivity index (χ2n) is 4.25. The molecule has 0 aliphatic rings. The van der Waals surface area contributed by atoms with Crippen LogP contribution in [0.4, 0.5) is 0 Å². The Morgan fingerprint density at radius 1 is 1.17 bits per heavy atom. The van der Waals surface area contributed by atoms with Crippen molar-refractivity contribution in [2.45, 2.75) is 19.6 Å². The first kappa shape index (κ1) is 12.9. The molecule has 1 aromatic carbocycles. The highest BCUT2D eigenvalue weighted by Crippen LogP contribution is 2.27. The molecule has 0 saturated heterocycles. The third-order valence-corrected chi connectivity index (χ3v) is 3.22. The third-order valence-electron chi connectivity index (χ3n) is 3.22. The molecule has 1 N–H and O–H groups in total. The molecule has 0 aliphatic heterocycles. The monoisotopic (exact) mass is 249 g/mol. The quantitative estimate of drug-likeness (QED) is 0.828. The van der Waals surface area contributed by atoms with Gasteiger partial charge in [0.1, 0.15) is 5.75 Å². The number of aromatic amines is 1. The number of aryl methyl sites for hydroxylation is 1. The van der Waals surface area contributed by atoms with Crippen molar-refractivity contribution in [1.82, 2.24) is 4.98 Å². The molecule has 0 amide bonds. The van der Waals surface area contributed by atoms with E-state index in [1.54, 1.807) is 21.3 Å². The molecule has 2 aromatic rings. The van der Waals surface area contributed by atoms with Crippen LogP contribution < -0.4 is 4.74 Å². The molecule has 0 spiro atoms. The van der Waals surface area contributed by atoms with Crippen molar-refractivity contribution in [1.29, 1.82) is 0 Å². The Hall–Kier alpha value is -1.52. The Morgan fingerprint density at radius 2 is 1.89 bits per heavy atom. The smallest absolute Gasteiger partial charge is 0.160 e. The Bertz CT molecular complexity index is 529. The van der Waals surface area contributed by atoms with Crippen LogP contribution in [0.2, 0.25) is 0 Å². The molecule has 1 aromatic heterocycles. The van der Waals surface area contributed by atoms with Gasteiger partial charge in [-0.2, -0.15) is 0 Å². The Morgan fingerprint density at radius 3 is 2.50 bits per heavy atom. The number of rotatable bonds is 5. The summed E-state index contributed by atoms with van der Waals surface area (Å²) in [6.45, 7) is 2.06. The molecule has 0 atom stereocenters. The van der Waals surface area contributed by atoms with Crippen molar-refractivity contribution >= 4 is 10.9 Å². The van der Waals surface area contributed by atoms with Gasteiger partial charge in [0.15, 0.2) is 6.29 Å². The van der Waals surface area contributed by atoms with Crippen molar-refractivity contribution in [3.05, 3.63) is 29.5 Å². The molecule has 0 aliphatic carbocycles. The summed E-state index contributed by atoms with van der Waals surface area (Å²) >= 11 is 0. The first-order valence-electron chi connectivity index (χ1n) is 5.90. The average molecular weight is 249 g/mol. The number of ether oxygens (including phenoxy) is 3. The molecule has 18 heavy (non-hydrogen) atoms. The van der Waals surface area contributed by atoms with Gasteiger partial charge in [-0.3, -0.25) is 0 Å². The number of H-pyrrole nitrogens is 1. The summed E-state index contributed by atoms with van der Waals surface area (Å²) in [4.78, 5) is 3.37. The number of fused-ring (bicyclic) bond motifs is 1. The van der Waals surface area contributed by atoms with Crippen LogP contribution >= 0.6 is 0 Å². The Kier molecular flexibility index (Phi) is 3.89. The van der Waals surface area contributed by atoms with E-state index < -0.39 is 0 Å². The zero-order valence-corrected chi connectivity index (χ0v) is 11.2. The van der Waals surface area contributed by atoms with Crippen LogP contribution in [0.25, 0.3) is 10.9 Å². The van der Waals surface area contributed by atoms with Gasteiger partial charge in [0.25, 0.3) is 0 Å². The van der Waals surface area contributed by atoms with E-state index in [0.717, 1.165) is 22.3 Å². The minimum absolute atomic E-state index is 0.228. The topological polar surface area (TPSA) is 43.5 Å². The highest BCUT2D eigenvalue weighted by Gasteiger charge is 2.14. The van der Waals surface area contributed by atoms with Gasteiger partial charge >= 0.3 is 0 Å².